The van der Waals surface area contributed by atoms with E-state index >= 15 is 0 Å². The Labute approximate surface area is 141 Å². The highest BCUT2D eigenvalue weighted by molar-refractivity contribution is 5.68. The van der Waals surface area contributed by atoms with Crippen LogP contribution in [0.25, 0.3) is 0 Å². The second kappa shape index (κ2) is 7.00. The molecule has 1 saturated carbocycles. The molecular formula is C19H34N2O2. The molecule has 0 aromatic heterocycles. The monoisotopic (exact) mass is 322 g/mol. The highest BCUT2D eigenvalue weighted by Crippen LogP contribution is 2.38. The molecule has 0 bridgehead atoms. The number of fused-ring (bicyclic) bond motifs is 1. The van der Waals surface area contributed by atoms with Crippen molar-refractivity contribution in [2.75, 3.05) is 32.7 Å². The molecule has 0 spiro atoms. The molecule has 1 amide bonds. The van der Waals surface area contributed by atoms with Gasteiger partial charge in [0.05, 0.1) is 0 Å². The van der Waals surface area contributed by atoms with Crippen LogP contribution in [-0.4, -0.2) is 54.2 Å². The smallest absolute Gasteiger partial charge is 0.410 e. The van der Waals surface area contributed by atoms with Crippen molar-refractivity contribution in [3.05, 3.63) is 0 Å². The summed E-state index contributed by atoms with van der Waals surface area (Å²) in [6, 6.07) is 0. The van der Waals surface area contributed by atoms with Crippen molar-refractivity contribution in [2.45, 2.75) is 64.9 Å². The third kappa shape index (κ3) is 4.62. The maximum Gasteiger partial charge on any atom is 0.410 e. The van der Waals surface area contributed by atoms with Crippen molar-refractivity contribution in [2.24, 2.45) is 17.8 Å². The number of rotatable bonds is 3. The van der Waals surface area contributed by atoms with Gasteiger partial charge in [0, 0.05) is 26.2 Å². The first-order valence-corrected chi connectivity index (χ1v) is 9.61. The van der Waals surface area contributed by atoms with Crippen LogP contribution >= 0.6 is 0 Å². The Morgan fingerprint density at radius 3 is 2.22 bits per heavy atom. The third-order valence-electron chi connectivity index (χ3n) is 5.92. The van der Waals surface area contributed by atoms with Gasteiger partial charge in [0.25, 0.3) is 0 Å². The molecule has 4 nitrogen and oxygen atoms in total. The Morgan fingerprint density at radius 2 is 1.65 bits per heavy atom. The molecule has 3 aliphatic rings. The highest BCUT2D eigenvalue weighted by atomic mass is 16.6. The standard InChI is InChI=1S/C19H34N2O2/c1-19(2,3)23-18(22)21-11-8-15(9-12-21)7-10-20-13-16-5-4-6-17(16)14-20/h15-17H,4-14H2,1-3H3/t16-,17+. The van der Waals surface area contributed by atoms with Crippen molar-refractivity contribution < 1.29 is 9.53 Å². The number of hydrogen-bond donors (Lipinski definition) is 0. The number of carbonyl (C=O) groups excluding carboxylic acids is 1. The molecule has 23 heavy (non-hydrogen) atoms. The number of piperidine rings is 1. The lowest BCUT2D eigenvalue weighted by Crippen LogP contribution is -2.42. The predicted octanol–water partition coefficient (Wildman–Crippen LogP) is 3.76. The predicted molar refractivity (Wildman–Crippen MR) is 92.4 cm³/mol. The average Bonchev–Trinajstić information content (AvgIpc) is 3.04. The van der Waals surface area contributed by atoms with Crippen LogP contribution in [0.4, 0.5) is 4.79 Å². The first-order valence-electron chi connectivity index (χ1n) is 9.61. The fraction of sp³-hybridized carbons (Fsp3) is 0.947. The van der Waals surface area contributed by atoms with Crippen LogP contribution in [0, 0.1) is 17.8 Å². The minimum absolute atomic E-state index is 0.136. The number of ether oxygens (including phenoxy) is 1. The summed E-state index contributed by atoms with van der Waals surface area (Å²) < 4.78 is 5.47. The Balaban J connectivity index is 1.34. The summed E-state index contributed by atoms with van der Waals surface area (Å²) in [4.78, 5) is 16.7. The lowest BCUT2D eigenvalue weighted by Gasteiger charge is -2.34. The molecule has 0 unspecified atom stereocenters. The Morgan fingerprint density at radius 1 is 1.04 bits per heavy atom. The molecule has 3 rings (SSSR count). The molecule has 2 aliphatic heterocycles. The van der Waals surface area contributed by atoms with Gasteiger partial charge in [-0.05, 0) is 77.2 Å². The molecule has 2 atom stereocenters. The van der Waals surface area contributed by atoms with Gasteiger partial charge in [-0.1, -0.05) is 6.42 Å². The highest BCUT2D eigenvalue weighted by Gasteiger charge is 2.36. The summed E-state index contributed by atoms with van der Waals surface area (Å²) in [6.07, 6.45) is 7.85. The van der Waals surface area contributed by atoms with Crippen LogP contribution in [0.15, 0.2) is 0 Å². The SMILES string of the molecule is CC(C)(C)OC(=O)N1CCC(CCN2C[C@H]3CCC[C@H]3C2)CC1. The van der Waals surface area contributed by atoms with E-state index in [0.29, 0.717) is 0 Å². The second-order valence-electron chi connectivity index (χ2n) is 8.91. The van der Waals surface area contributed by atoms with Gasteiger partial charge in [0.1, 0.15) is 5.60 Å². The summed E-state index contributed by atoms with van der Waals surface area (Å²) in [7, 11) is 0. The van der Waals surface area contributed by atoms with E-state index in [1.54, 1.807) is 0 Å². The van der Waals surface area contributed by atoms with Crippen LogP contribution in [-0.2, 0) is 4.74 Å². The average molecular weight is 322 g/mol. The zero-order valence-electron chi connectivity index (χ0n) is 15.2. The summed E-state index contributed by atoms with van der Waals surface area (Å²) in [6.45, 7) is 11.5. The van der Waals surface area contributed by atoms with Crippen LogP contribution in [0.3, 0.4) is 0 Å². The van der Waals surface area contributed by atoms with E-state index in [9.17, 15) is 4.79 Å². The van der Waals surface area contributed by atoms with E-state index < -0.39 is 0 Å². The molecular weight excluding hydrogens is 288 g/mol. The van der Waals surface area contributed by atoms with Gasteiger partial charge in [-0.25, -0.2) is 4.79 Å². The molecule has 0 radical (unpaired) electrons. The van der Waals surface area contributed by atoms with Gasteiger partial charge in [0.15, 0.2) is 0 Å². The van der Waals surface area contributed by atoms with Crippen LogP contribution in [0.1, 0.15) is 59.3 Å². The molecule has 3 fully saturated rings. The first-order chi connectivity index (χ1) is 10.9. The molecule has 2 heterocycles. The van der Waals surface area contributed by atoms with E-state index in [-0.39, 0.29) is 11.7 Å². The van der Waals surface area contributed by atoms with Gasteiger partial charge >= 0.3 is 6.09 Å². The zero-order valence-corrected chi connectivity index (χ0v) is 15.2. The van der Waals surface area contributed by atoms with Crippen molar-refractivity contribution >= 4 is 6.09 Å². The van der Waals surface area contributed by atoms with Gasteiger partial charge in [0.2, 0.25) is 0 Å². The maximum absolute atomic E-state index is 12.1. The Kier molecular flexibility index (Phi) is 5.19. The molecule has 0 N–H and O–H groups in total. The van der Waals surface area contributed by atoms with Gasteiger partial charge in [-0.15, -0.1) is 0 Å². The normalized spacial score (nSPS) is 29.8. The van der Waals surface area contributed by atoms with E-state index in [2.05, 4.69) is 4.90 Å². The number of hydrogen-bond acceptors (Lipinski definition) is 3. The van der Waals surface area contributed by atoms with Crippen molar-refractivity contribution in [3.8, 4) is 0 Å². The van der Waals surface area contributed by atoms with Crippen LogP contribution < -0.4 is 0 Å². The first kappa shape index (κ1) is 17.1. The number of amides is 1. The molecule has 2 saturated heterocycles. The summed E-state index contributed by atoms with van der Waals surface area (Å²) in [5.41, 5.74) is -0.387. The Hall–Kier alpha value is -0.770. The largest absolute Gasteiger partial charge is 0.444 e. The summed E-state index contributed by atoms with van der Waals surface area (Å²) >= 11 is 0. The molecule has 132 valence electrons. The minimum atomic E-state index is -0.387. The Bertz CT molecular complexity index is 398. The summed E-state index contributed by atoms with van der Waals surface area (Å²) in [5.74, 6) is 2.79. The van der Waals surface area contributed by atoms with Crippen molar-refractivity contribution in [3.63, 3.8) is 0 Å². The van der Waals surface area contributed by atoms with Crippen molar-refractivity contribution in [1.29, 1.82) is 0 Å². The quantitative estimate of drug-likeness (QED) is 0.793. The zero-order chi connectivity index (χ0) is 16.4. The maximum atomic E-state index is 12.1. The minimum Gasteiger partial charge on any atom is -0.444 e. The van der Waals surface area contributed by atoms with Crippen LogP contribution in [0.2, 0.25) is 0 Å². The van der Waals surface area contributed by atoms with Crippen molar-refractivity contribution in [1.82, 2.24) is 9.80 Å². The molecule has 0 aromatic carbocycles. The number of carbonyl (C=O) groups is 1. The second-order valence-corrected chi connectivity index (χ2v) is 8.91. The lowest BCUT2D eigenvalue weighted by atomic mass is 9.93. The topological polar surface area (TPSA) is 32.8 Å². The van der Waals surface area contributed by atoms with E-state index in [1.807, 2.05) is 25.7 Å². The number of likely N-dealkylation sites (tertiary alicyclic amines) is 2. The molecule has 4 heteroatoms. The van der Waals surface area contributed by atoms with Crippen LogP contribution in [0.5, 0.6) is 0 Å². The molecule has 1 aliphatic carbocycles. The number of nitrogens with zero attached hydrogens (tertiary/aromatic N) is 2. The summed E-state index contributed by atoms with van der Waals surface area (Å²) in [5, 5.41) is 0. The third-order valence-corrected chi connectivity index (χ3v) is 5.92. The van der Waals surface area contributed by atoms with E-state index in [4.69, 9.17) is 4.74 Å². The van der Waals surface area contributed by atoms with Gasteiger partial charge in [-0.3, -0.25) is 0 Å². The van der Waals surface area contributed by atoms with E-state index in [1.165, 1.54) is 45.3 Å². The van der Waals surface area contributed by atoms with Gasteiger partial charge < -0.3 is 14.5 Å². The fourth-order valence-corrected chi connectivity index (χ4v) is 4.61. The van der Waals surface area contributed by atoms with E-state index in [0.717, 1.165) is 43.7 Å². The molecule has 0 aromatic rings. The lowest BCUT2D eigenvalue weighted by molar-refractivity contribution is 0.0178. The fourth-order valence-electron chi connectivity index (χ4n) is 4.61. The van der Waals surface area contributed by atoms with Gasteiger partial charge in [-0.2, -0.15) is 0 Å².